The van der Waals surface area contributed by atoms with Gasteiger partial charge in [-0.3, -0.25) is 0 Å². The Kier molecular flexibility index (Phi) is 1.28. The van der Waals surface area contributed by atoms with E-state index >= 15 is 0 Å². The summed E-state index contributed by atoms with van der Waals surface area (Å²) < 4.78 is 182. The van der Waals surface area contributed by atoms with Crippen LogP contribution < -0.4 is 22.1 Å². The highest BCUT2D eigenvalue weighted by Gasteiger charge is 1.88. The summed E-state index contributed by atoms with van der Waals surface area (Å²) in [6.45, 7) is -25.4. The third-order valence-electron chi connectivity index (χ3n) is 0.559. The Balaban J connectivity index is 6.82. The molecular weight excluding hydrogens is 164 g/mol. The molecule has 0 radical (unpaired) electrons. The van der Waals surface area contributed by atoms with Crippen LogP contribution in [0.25, 0.3) is 0 Å². The number of hydrogen-bond donors (Lipinski definition) is 4. The van der Waals surface area contributed by atoms with Gasteiger partial charge in [0.2, 0.25) is 0 Å². The lowest BCUT2D eigenvalue weighted by Crippen LogP contribution is -2.25. The van der Waals surface area contributed by atoms with Crippen LogP contribution in [-0.2, 0) is 0 Å². The van der Waals surface area contributed by atoms with Crippen molar-refractivity contribution in [1.82, 2.24) is 10.6 Å². The molecule has 0 aliphatic carbocycles. The fraction of sp³-hybridized carbons (Fsp3) is 1.00. The number of hydrogen-bond acceptors (Lipinski definition) is 4. The Morgan fingerprint density at radius 1 is 0.923 bits per heavy atom. The van der Waals surface area contributed by atoms with Crippen molar-refractivity contribution in [3.8, 4) is 0 Å². The first kappa shape index (κ1) is 1.40. The quantitative estimate of drug-likeness (QED) is 0.343. The maximum absolute atomic E-state index is 7.90. The standard InChI is InChI=1S/C9H24N4/c10-4-1-6-12-8-3-9-13-7-2-5-11/h12-13H,1-11H2/i1D2,2D2,3D2,4D2,5D2,6D2,7D2,8D2,9D2/hD6. The van der Waals surface area contributed by atoms with Crippen molar-refractivity contribution in [3.05, 3.63) is 0 Å². The molecule has 0 aromatic heterocycles. The summed E-state index contributed by atoms with van der Waals surface area (Å²) in [7, 11) is 0. The molecule has 0 rings (SSSR count). The summed E-state index contributed by atoms with van der Waals surface area (Å²) in [5.41, 5.74) is -1.92. The smallest absolute Gasteiger partial charge is 0.122 e. The molecule has 13 heavy (non-hydrogen) atoms. The van der Waals surface area contributed by atoms with Crippen LogP contribution in [0.15, 0.2) is 0 Å². The topological polar surface area (TPSA) is 76.1 Å². The van der Waals surface area contributed by atoms with E-state index in [0.717, 1.165) is 0 Å². The average molecular weight is 212 g/mol. The Bertz CT molecular complexity index is 740. The monoisotopic (exact) mass is 212 g/mol. The van der Waals surface area contributed by atoms with Gasteiger partial charge in [-0.1, -0.05) is 0 Å². The molecule has 0 bridgehead atoms. The van der Waals surface area contributed by atoms with Crippen molar-refractivity contribution in [1.29, 1.82) is 0 Å². The lowest BCUT2D eigenvalue weighted by molar-refractivity contribution is 0.579. The molecule has 0 heterocycles. The van der Waals surface area contributed by atoms with Crippen molar-refractivity contribution in [2.75, 3.05) is 39.0 Å². The zero-order valence-electron chi connectivity index (χ0n) is 30.3. The molecule has 0 saturated carbocycles. The van der Waals surface area contributed by atoms with Crippen molar-refractivity contribution >= 4 is 0 Å². The van der Waals surface area contributed by atoms with E-state index in [1.165, 1.54) is 0 Å². The van der Waals surface area contributed by atoms with Crippen LogP contribution >= 0.6 is 0 Å². The molecule has 0 aromatic rings. The van der Waals surface area contributed by atoms with Crippen molar-refractivity contribution in [2.24, 2.45) is 11.4 Å². The van der Waals surface area contributed by atoms with Gasteiger partial charge in [0.25, 0.3) is 0 Å². The minimum absolute atomic E-state index is 0.958. The van der Waals surface area contributed by atoms with E-state index in [1.807, 2.05) is 0 Å². The molecule has 80 valence electrons. The molecule has 4 nitrogen and oxygen atoms in total. The van der Waals surface area contributed by atoms with E-state index in [4.69, 9.17) is 33.1 Å². The second kappa shape index (κ2) is 11.8. The van der Waals surface area contributed by atoms with Crippen LogP contribution in [0.3, 0.4) is 0 Å². The van der Waals surface area contributed by atoms with Gasteiger partial charge in [0.1, 0.15) is 8.47 Å². The molecule has 0 aliphatic heterocycles. The first-order valence-corrected chi connectivity index (χ1v) is 2.84. The minimum atomic E-state index is -4.51. The van der Waals surface area contributed by atoms with Gasteiger partial charge in [-0.15, -0.1) is 0 Å². The molecular formula is C9H24N4. The third-order valence-corrected chi connectivity index (χ3v) is 0.559. The summed E-state index contributed by atoms with van der Waals surface area (Å²) in [4.78, 5) is 0. The molecule has 0 unspecified atom stereocenters. The molecule has 0 aromatic carbocycles. The lowest BCUT2D eigenvalue weighted by Gasteiger charge is -2.04. The lowest BCUT2D eigenvalue weighted by atomic mass is 10.3. The Morgan fingerprint density at radius 3 is 1.85 bits per heavy atom. The number of nitrogens with two attached hydrogens (primary N) is 2. The Morgan fingerprint density at radius 2 is 1.38 bits per heavy atom. The van der Waals surface area contributed by atoms with Gasteiger partial charge in [0.15, 0.2) is 0 Å². The van der Waals surface area contributed by atoms with Gasteiger partial charge in [0, 0.05) is 24.7 Å². The molecule has 6 N–H and O–H groups in total. The Labute approximate surface area is 116 Å². The number of rotatable bonds is 12. The molecule has 4 heteroatoms. The molecule has 0 amide bonds. The van der Waals surface area contributed by atoms with Gasteiger partial charge < -0.3 is 22.1 Å². The second-order valence-corrected chi connectivity index (χ2v) is 1.27. The predicted octanol–water partition coefficient (Wildman–Crippen LogP) is -0.747. The van der Waals surface area contributed by atoms with Crippen LogP contribution in [0.2, 0.25) is 8.47 Å². The van der Waals surface area contributed by atoms with Crippen LogP contribution in [0, 0.1) is 0 Å². The van der Waals surface area contributed by atoms with Gasteiger partial charge >= 0.3 is 0 Å². The zero-order chi connectivity index (χ0) is 30.8. The molecule has 0 atom stereocenters. The largest absolute Gasteiger partial charge is 0.330 e. The van der Waals surface area contributed by atoms with Gasteiger partial charge in [-0.2, -0.15) is 0 Å². The highest BCUT2D eigenvalue weighted by atomic mass is 14.9. The predicted molar refractivity (Wildman–Crippen MR) is 57.7 cm³/mol. The van der Waals surface area contributed by atoms with Gasteiger partial charge in [0.05, 0.1) is 0 Å². The maximum Gasteiger partial charge on any atom is 0.122 e. The van der Waals surface area contributed by atoms with E-state index in [0.29, 0.717) is 0 Å². The van der Waals surface area contributed by atoms with E-state index < -0.39 is 80.2 Å². The molecule has 0 saturated heterocycles. The van der Waals surface area contributed by atoms with Gasteiger partial charge in [-0.05, 0) is 58.1 Å². The SMILES string of the molecule is [2H]N([2H])C([2H])([2H])C([2H])([2H])C([2H])([2H])N([2H])C([2H])([2H])C([2H])([2H])C([2H])([2H])N([2H])C([2H])([2H])C([2H])([2H])C([2H])([2H])N([2H])[2H]. The van der Waals surface area contributed by atoms with Crippen molar-refractivity contribution in [3.63, 3.8) is 0 Å². The van der Waals surface area contributed by atoms with Crippen LogP contribution in [0.4, 0.5) is 0 Å². The Hall–Kier alpha value is -0.160. The van der Waals surface area contributed by atoms with E-state index in [-0.39, 0.29) is 0 Å². The van der Waals surface area contributed by atoms with Crippen LogP contribution in [-0.4, -0.2) is 39.0 Å². The minimum Gasteiger partial charge on any atom is -0.330 e. The first-order valence-electron chi connectivity index (χ1n) is 14.5. The van der Waals surface area contributed by atoms with Crippen molar-refractivity contribution in [2.45, 2.75) is 19.1 Å². The molecule has 0 aliphatic rings. The summed E-state index contributed by atoms with van der Waals surface area (Å²) in [5, 5.41) is -2.46. The normalized spacial score (nSPS) is 48.9. The zero-order valence-corrected chi connectivity index (χ0v) is 6.29. The average Bonchev–Trinajstić information content (AvgIpc) is 2.70. The maximum atomic E-state index is 7.90. The summed E-state index contributed by atoms with van der Waals surface area (Å²) in [6.07, 6.45) is -12.9. The van der Waals surface area contributed by atoms with E-state index in [2.05, 4.69) is 0 Å². The first-order chi connectivity index (χ1) is 15.7. The van der Waals surface area contributed by atoms with E-state index in [1.54, 1.807) is 0 Å². The summed E-state index contributed by atoms with van der Waals surface area (Å²) in [5.74, 6) is 0. The van der Waals surface area contributed by atoms with Crippen LogP contribution in [0.5, 0.6) is 0 Å². The fourth-order valence-electron chi connectivity index (χ4n) is 0.243. The van der Waals surface area contributed by atoms with Gasteiger partial charge in [-0.25, -0.2) is 0 Å². The third kappa shape index (κ3) is 11.8. The van der Waals surface area contributed by atoms with Crippen LogP contribution in [0.1, 0.15) is 43.8 Å². The second-order valence-electron chi connectivity index (χ2n) is 1.27. The highest BCUT2D eigenvalue weighted by Crippen LogP contribution is 1.76. The van der Waals surface area contributed by atoms with Crippen molar-refractivity contribution < 1.29 is 33.1 Å². The summed E-state index contributed by atoms with van der Waals surface area (Å²) in [6, 6.07) is 0. The highest BCUT2D eigenvalue weighted by molar-refractivity contribution is 4.52. The number of nitrogens with one attached hydrogen (secondary N) is 2. The molecule has 0 fully saturated rings. The fourth-order valence-corrected chi connectivity index (χ4v) is 0.243. The molecule has 0 spiro atoms. The summed E-state index contributed by atoms with van der Waals surface area (Å²) >= 11 is 0. The van der Waals surface area contributed by atoms with E-state index in [9.17, 15) is 0 Å².